The summed E-state index contributed by atoms with van der Waals surface area (Å²) >= 11 is 3.69. The van der Waals surface area contributed by atoms with Gasteiger partial charge in [0.05, 0.1) is 6.61 Å². The predicted molar refractivity (Wildman–Crippen MR) is 83.7 cm³/mol. The van der Waals surface area contributed by atoms with Crippen molar-refractivity contribution in [3.05, 3.63) is 28.2 Å². The van der Waals surface area contributed by atoms with Crippen LogP contribution in [0.5, 0.6) is 5.75 Å². The Bertz CT molecular complexity index is 402. The standard InChI is InChI=1S/C16H24BrNO/c1-3-19-13-8-9-14(15(17)11-13)16(18-2)10-12-6-4-5-7-12/h8-9,11-12,16,18H,3-7,10H2,1-2H3. The van der Waals surface area contributed by atoms with Crippen molar-refractivity contribution in [2.45, 2.75) is 45.1 Å². The summed E-state index contributed by atoms with van der Waals surface area (Å²) in [4.78, 5) is 0. The molecule has 0 radical (unpaired) electrons. The number of ether oxygens (including phenoxy) is 1. The molecule has 0 heterocycles. The van der Waals surface area contributed by atoms with E-state index in [1.165, 1.54) is 37.7 Å². The highest BCUT2D eigenvalue weighted by Gasteiger charge is 2.21. The maximum absolute atomic E-state index is 5.54. The fraction of sp³-hybridized carbons (Fsp3) is 0.625. The van der Waals surface area contributed by atoms with Crippen molar-refractivity contribution >= 4 is 15.9 Å². The second-order valence-corrected chi connectivity index (χ2v) is 6.20. The SMILES string of the molecule is CCOc1ccc(C(CC2CCCC2)NC)c(Br)c1. The number of hydrogen-bond acceptors (Lipinski definition) is 2. The highest BCUT2D eigenvalue weighted by atomic mass is 79.9. The van der Waals surface area contributed by atoms with Crippen LogP contribution < -0.4 is 10.1 Å². The maximum atomic E-state index is 5.54. The zero-order valence-corrected chi connectivity index (χ0v) is 13.5. The Hall–Kier alpha value is -0.540. The largest absolute Gasteiger partial charge is 0.494 e. The summed E-state index contributed by atoms with van der Waals surface area (Å²) in [5, 5.41) is 3.47. The molecule has 0 amide bonds. The molecule has 0 saturated heterocycles. The molecular weight excluding hydrogens is 302 g/mol. The Morgan fingerprint density at radius 2 is 2.11 bits per heavy atom. The molecule has 0 spiro atoms. The third kappa shape index (κ3) is 3.96. The van der Waals surface area contributed by atoms with Crippen LogP contribution in [-0.4, -0.2) is 13.7 Å². The van der Waals surface area contributed by atoms with Crippen molar-refractivity contribution in [3.63, 3.8) is 0 Å². The molecule has 1 fully saturated rings. The van der Waals surface area contributed by atoms with Gasteiger partial charge in [-0.25, -0.2) is 0 Å². The third-order valence-corrected chi connectivity index (χ3v) is 4.74. The lowest BCUT2D eigenvalue weighted by molar-refractivity contribution is 0.339. The van der Waals surface area contributed by atoms with Gasteiger partial charge in [0.25, 0.3) is 0 Å². The minimum Gasteiger partial charge on any atom is -0.494 e. The van der Waals surface area contributed by atoms with E-state index < -0.39 is 0 Å². The Kier molecular flexibility index (Phi) is 5.71. The number of nitrogens with one attached hydrogen (secondary N) is 1. The highest BCUT2D eigenvalue weighted by Crippen LogP contribution is 2.36. The van der Waals surface area contributed by atoms with Gasteiger partial charge in [0.2, 0.25) is 0 Å². The van der Waals surface area contributed by atoms with Crippen LogP contribution in [0.25, 0.3) is 0 Å². The van der Waals surface area contributed by atoms with E-state index in [0.717, 1.165) is 16.1 Å². The fourth-order valence-corrected chi connectivity index (χ4v) is 3.66. The molecule has 1 N–H and O–H groups in total. The van der Waals surface area contributed by atoms with Gasteiger partial charge in [0.1, 0.15) is 5.75 Å². The molecule has 0 aromatic heterocycles. The smallest absolute Gasteiger partial charge is 0.120 e. The monoisotopic (exact) mass is 325 g/mol. The Morgan fingerprint density at radius 3 is 2.68 bits per heavy atom. The summed E-state index contributed by atoms with van der Waals surface area (Å²) in [5.74, 6) is 1.82. The van der Waals surface area contributed by atoms with Gasteiger partial charge in [0, 0.05) is 10.5 Å². The van der Waals surface area contributed by atoms with E-state index in [0.29, 0.717) is 12.6 Å². The first-order chi connectivity index (χ1) is 9.24. The first-order valence-corrected chi connectivity index (χ1v) is 8.13. The quantitative estimate of drug-likeness (QED) is 0.819. The summed E-state index contributed by atoms with van der Waals surface area (Å²) in [6.45, 7) is 2.72. The Balaban J connectivity index is 2.08. The molecule has 1 unspecified atom stereocenters. The molecule has 106 valence electrons. The van der Waals surface area contributed by atoms with Crippen molar-refractivity contribution < 1.29 is 4.74 Å². The van der Waals surface area contributed by atoms with Gasteiger partial charge in [-0.3, -0.25) is 0 Å². The second kappa shape index (κ2) is 7.30. The zero-order chi connectivity index (χ0) is 13.7. The van der Waals surface area contributed by atoms with Crippen LogP contribution in [0, 0.1) is 5.92 Å². The number of rotatable bonds is 6. The molecule has 2 nitrogen and oxygen atoms in total. The summed E-state index contributed by atoms with van der Waals surface area (Å²) in [6, 6.07) is 6.78. The molecule has 2 rings (SSSR count). The zero-order valence-electron chi connectivity index (χ0n) is 11.9. The summed E-state index contributed by atoms with van der Waals surface area (Å²) in [7, 11) is 2.06. The molecule has 3 heteroatoms. The molecule has 1 aliphatic rings. The number of hydrogen-bond donors (Lipinski definition) is 1. The average molecular weight is 326 g/mol. The topological polar surface area (TPSA) is 21.3 Å². The van der Waals surface area contributed by atoms with Gasteiger partial charge in [0.15, 0.2) is 0 Å². The fourth-order valence-electron chi connectivity index (χ4n) is 3.03. The van der Waals surface area contributed by atoms with Crippen molar-refractivity contribution in [2.24, 2.45) is 5.92 Å². The minimum absolute atomic E-state index is 0.438. The van der Waals surface area contributed by atoms with E-state index in [2.05, 4.69) is 46.5 Å². The van der Waals surface area contributed by atoms with Gasteiger partial charge in [-0.2, -0.15) is 0 Å². The first kappa shape index (κ1) is 14.9. The van der Waals surface area contributed by atoms with E-state index in [-0.39, 0.29) is 0 Å². The summed E-state index contributed by atoms with van der Waals surface area (Å²) < 4.78 is 6.69. The Labute approximate surface area is 125 Å². The summed E-state index contributed by atoms with van der Waals surface area (Å²) in [6.07, 6.45) is 6.85. The van der Waals surface area contributed by atoms with E-state index >= 15 is 0 Å². The molecule has 0 aliphatic heterocycles. The summed E-state index contributed by atoms with van der Waals surface area (Å²) in [5.41, 5.74) is 1.35. The molecule has 1 saturated carbocycles. The van der Waals surface area contributed by atoms with Crippen molar-refractivity contribution in [1.29, 1.82) is 0 Å². The third-order valence-electron chi connectivity index (χ3n) is 4.05. The lowest BCUT2D eigenvalue weighted by Gasteiger charge is -2.22. The molecular formula is C16H24BrNO. The van der Waals surface area contributed by atoms with Crippen LogP contribution in [-0.2, 0) is 0 Å². The molecule has 1 aromatic carbocycles. The first-order valence-electron chi connectivity index (χ1n) is 7.34. The van der Waals surface area contributed by atoms with E-state index in [4.69, 9.17) is 4.74 Å². The van der Waals surface area contributed by atoms with Gasteiger partial charge in [-0.05, 0) is 44.0 Å². The van der Waals surface area contributed by atoms with Crippen LogP contribution in [0.2, 0.25) is 0 Å². The van der Waals surface area contributed by atoms with Gasteiger partial charge >= 0.3 is 0 Å². The maximum Gasteiger partial charge on any atom is 0.120 e. The van der Waals surface area contributed by atoms with Gasteiger partial charge in [-0.15, -0.1) is 0 Å². The van der Waals surface area contributed by atoms with Crippen molar-refractivity contribution in [2.75, 3.05) is 13.7 Å². The van der Waals surface area contributed by atoms with Gasteiger partial charge < -0.3 is 10.1 Å². The van der Waals surface area contributed by atoms with Crippen LogP contribution in [0.4, 0.5) is 0 Å². The number of benzene rings is 1. The van der Waals surface area contributed by atoms with Crippen molar-refractivity contribution in [3.8, 4) is 5.75 Å². The van der Waals surface area contributed by atoms with Crippen LogP contribution in [0.1, 0.15) is 50.6 Å². The lowest BCUT2D eigenvalue weighted by atomic mass is 9.93. The average Bonchev–Trinajstić information content (AvgIpc) is 2.90. The molecule has 1 aromatic rings. The Morgan fingerprint density at radius 1 is 1.37 bits per heavy atom. The van der Waals surface area contributed by atoms with Crippen molar-refractivity contribution in [1.82, 2.24) is 5.32 Å². The van der Waals surface area contributed by atoms with Gasteiger partial charge in [-0.1, -0.05) is 47.7 Å². The second-order valence-electron chi connectivity index (χ2n) is 5.34. The van der Waals surface area contributed by atoms with E-state index in [1.54, 1.807) is 0 Å². The van der Waals surface area contributed by atoms with Crippen LogP contribution >= 0.6 is 15.9 Å². The molecule has 1 aliphatic carbocycles. The van der Waals surface area contributed by atoms with E-state index in [1.807, 2.05) is 6.92 Å². The lowest BCUT2D eigenvalue weighted by Crippen LogP contribution is -2.19. The van der Waals surface area contributed by atoms with E-state index in [9.17, 15) is 0 Å². The predicted octanol–water partition coefficient (Wildman–Crippen LogP) is 4.69. The van der Waals surface area contributed by atoms with Crippen LogP contribution in [0.15, 0.2) is 22.7 Å². The minimum atomic E-state index is 0.438. The molecule has 19 heavy (non-hydrogen) atoms. The van der Waals surface area contributed by atoms with Crippen LogP contribution in [0.3, 0.4) is 0 Å². The molecule has 1 atom stereocenters. The molecule has 0 bridgehead atoms. The highest BCUT2D eigenvalue weighted by molar-refractivity contribution is 9.10. The number of halogens is 1. The normalized spacial score (nSPS) is 17.6.